The van der Waals surface area contributed by atoms with Gasteiger partial charge in [0, 0.05) is 6.42 Å². The van der Waals surface area contributed by atoms with Crippen LogP contribution in [0.1, 0.15) is 56.6 Å². The maximum Gasteiger partial charge on any atom is 0.287 e. The number of hydrogen-bond donors (Lipinski definition) is 1. The molecule has 0 spiro atoms. The molecule has 0 saturated carbocycles. The summed E-state index contributed by atoms with van der Waals surface area (Å²) in [5, 5.41) is 7.10. The van der Waals surface area contributed by atoms with Gasteiger partial charge in [-0.2, -0.15) is 11.3 Å². The van der Waals surface area contributed by atoms with E-state index in [1.54, 1.807) is 17.4 Å². The summed E-state index contributed by atoms with van der Waals surface area (Å²) >= 11 is 1.62. The summed E-state index contributed by atoms with van der Waals surface area (Å²) in [7, 11) is 0. The number of carbonyl (C=O) groups excluding carboxylic acids is 1. The number of aryl methyl sites for hydroxylation is 3. The van der Waals surface area contributed by atoms with Gasteiger partial charge >= 0.3 is 0 Å². The number of carbonyl (C=O) groups is 1. The van der Waals surface area contributed by atoms with E-state index in [0.717, 1.165) is 11.3 Å². The Morgan fingerprint density at radius 3 is 2.59 bits per heavy atom. The van der Waals surface area contributed by atoms with Gasteiger partial charge < -0.3 is 9.73 Å². The Balaban J connectivity index is 1.73. The fraction of sp³-hybridized carbons (Fsp3) is 0.261. The molecule has 1 aromatic carbocycles. The number of furan rings is 1. The topological polar surface area (TPSA) is 42.2 Å². The van der Waals surface area contributed by atoms with Crippen LogP contribution in [0, 0.1) is 20.8 Å². The molecule has 3 aromatic rings. The summed E-state index contributed by atoms with van der Waals surface area (Å²) in [4.78, 5) is 12.6. The molecule has 0 aliphatic carbocycles. The Bertz CT molecular complexity index is 914. The lowest BCUT2D eigenvalue weighted by Gasteiger charge is -2.15. The first-order valence-electron chi connectivity index (χ1n) is 9.07. The SMILES string of the molecule is C=CCC(NC(=O)c1ccc(Cc2c(C)cc(C)cc2C)o1)c1ccsc1. The van der Waals surface area contributed by atoms with Crippen molar-refractivity contribution in [2.24, 2.45) is 0 Å². The molecule has 1 atom stereocenters. The summed E-state index contributed by atoms with van der Waals surface area (Å²) in [6.45, 7) is 10.1. The molecule has 0 aliphatic heterocycles. The Kier molecular flexibility index (Phi) is 5.97. The lowest BCUT2D eigenvalue weighted by Crippen LogP contribution is -2.27. The number of rotatable bonds is 7. The Labute approximate surface area is 164 Å². The molecular formula is C23H25NO2S. The van der Waals surface area contributed by atoms with Gasteiger partial charge in [0.05, 0.1) is 6.04 Å². The zero-order valence-electron chi connectivity index (χ0n) is 16.0. The van der Waals surface area contributed by atoms with Gasteiger partial charge in [-0.25, -0.2) is 0 Å². The highest BCUT2D eigenvalue weighted by molar-refractivity contribution is 7.08. The van der Waals surface area contributed by atoms with Crippen LogP contribution in [0.2, 0.25) is 0 Å². The van der Waals surface area contributed by atoms with E-state index in [9.17, 15) is 4.79 Å². The minimum absolute atomic E-state index is 0.0867. The first kappa shape index (κ1) is 19.2. The largest absolute Gasteiger partial charge is 0.456 e. The highest BCUT2D eigenvalue weighted by Gasteiger charge is 2.18. The fourth-order valence-corrected chi connectivity index (χ4v) is 4.12. The van der Waals surface area contributed by atoms with E-state index in [-0.39, 0.29) is 11.9 Å². The van der Waals surface area contributed by atoms with Crippen LogP contribution in [-0.4, -0.2) is 5.91 Å². The van der Waals surface area contributed by atoms with Crippen molar-refractivity contribution in [2.45, 2.75) is 39.7 Å². The van der Waals surface area contributed by atoms with Crippen molar-refractivity contribution >= 4 is 17.2 Å². The highest BCUT2D eigenvalue weighted by atomic mass is 32.1. The molecule has 1 unspecified atom stereocenters. The van der Waals surface area contributed by atoms with E-state index in [4.69, 9.17) is 4.42 Å². The first-order chi connectivity index (χ1) is 13.0. The summed E-state index contributed by atoms with van der Waals surface area (Å²) in [6, 6.07) is 9.94. The number of hydrogen-bond acceptors (Lipinski definition) is 3. The monoisotopic (exact) mass is 379 g/mol. The van der Waals surface area contributed by atoms with Crippen LogP contribution in [0.4, 0.5) is 0 Å². The van der Waals surface area contributed by atoms with E-state index in [1.807, 2.05) is 29.0 Å². The van der Waals surface area contributed by atoms with Crippen LogP contribution in [0.25, 0.3) is 0 Å². The smallest absolute Gasteiger partial charge is 0.287 e. The van der Waals surface area contributed by atoms with E-state index in [1.165, 1.54) is 22.3 Å². The lowest BCUT2D eigenvalue weighted by molar-refractivity contribution is 0.0907. The molecule has 140 valence electrons. The van der Waals surface area contributed by atoms with Gasteiger partial charge in [-0.1, -0.05) is 23.8 Å². The molecule has 1 amide bonds. The van der Waals surface area contributed by atoms with Crippen molar-refractivity contribution in [3.8, 4) is 0 Å². The maximum atomic E-state index is 12.6. The molecule has 0 radical (unpaired) electrons. The number of benzene rings is 1. The van der Waals surface area contributed by atoms with Crippen molar-refractivity contribution in [3.05, 3.63) is 93.1 Å². The van der Waals surface area contributed by atoms with E-state index >= 15 is 0 Å². The van der Waals surface area contributed by atoms with Crippen LogP contribution in [-0.2, 0) is 6.42 Å². The van der Waals surface area contributed by atoms with Crippen LogP contribution in [0.15, 0.2) is 58.2 Å². The summed E-state index contributed by atoms with van der Waals surface area (Å²) in [6.07, 6.45) is 3.18. The van der Waals surface area contributed by atoms with Crippen LogP contribution in [0.3, 0.4) is 0 Å². The highest BCUT2D eigenvalue weighted by Crippen LogP contribution is 2.23. The zero-order valence-corrected chi connectivity index (χ0v) is 16.9. The van der Waals surface area contributed by atoms with Crippen molar-refractivity contribution in [3.63, 3.8) is 0 Å². The van der Waals surface area contributed by atoms with E-state index < -0.39 is 0 Å². The van der Waals surface area contributed by atoms with Crippen molar-refractivity contribution < 1.29 is 9.21 Å². The van der Waals surface area contributed by atoms with Gasteiger partial charge in [0.25, 0.3) is 5.91 Å². The number of amides is 1. The molecule has 2 heterocycles. The molecule has 0 bridgehead atoms. The number of thiophene rings is 1. The Morgan fingerprint density at radius 1 is 1.22 bits per heavy atom. The second-order valence-electron chi connectivity index (χ2n) is 6.93. The molecular weight excluding hydrogens is 354 g/mol. The van der Waals surface area contributed by atoms with Gasteiger partial charge in [-0.3, -0.25) is 4.79 Å². The zero-order chi connectivity index (χ0) is 19.4. The van der Waals surface area contributed by atoms with Gasteiger partial charge in [0.2, 0.25) is 0 Å². The standard InChI is InChI=1S/C23H25NO2S/c1-5-6-21(18-9-10-27-14-18)24-23(25)22-8-7-19(26-22)13-20-16(3)11-15(2)12-17(20)4/h5,7-12,14,21H,1,6,13H2,2-4H3,(H,24,25). The minimum Gasteiger partial charge on any atom is -0.456 e. The van der Waals surface area contributed by atoms with Crippen LogP contribution in [0.5, 0.6) is 0 Å². The minimum atomic E-state index is -0.198. The molecule has 3 rings (SSSR count). The Hall–Kier alpha value is -2.59. The number of nitrogens with one attached hydrogen (secondary N) is 1. The van der Waals surface area contributed by atoms with Crippen molar-refractivity contribution in [1.29, 1.82) is 0 Å². The molecule has 27 heavy (non-hydrogen) atoms. The van der Waals surface area contributed by atoms with Crippen molar-refractivity contribution in [2.75, 3.05) is 0 Å². The quantitative estimate of drug-likeness (QED) is 0.519. The average molecular weight is 380 g/mol. The predicted molar refractivity (Wildman–Crippen MR) is 112 cm³/mol. The van der Waals surface area contributed by atoms with E-state index in [0.29, 0.717) is 18.6 Å². The third-order valence-corrected chi connectivity index (χ3v) is 5.43. The fourth-order valence-electron chi connectivity index (χ4n) is 3.41. The lowest BCUT2D eigenvalue weighted by atomic mass is 9.97. The third kappa shape index (κ3) is 4.58. The normalized spacial score (nSPS) is 12.0. The summed E-state index contributed by atoms with van der Waals surface area (Å²) < 4.78 is 5.85. The molecule has 0 fully saturated rings. The van der Waals surface area contributed by atoms with Gasteiger partial charge in [0.15, 0.2) is 5.76 Å². The molecule has 0 aliphatic rings. The van der Waals surface area contributed by atoms with Crippen LogP contribution < -0.4 is 5.32 Å². The Morgan fingerprint density at radius 2 is 1.96 bits per heavy atom. The van der Waals surface area contributed by atoms with Gasteiger partial charge in [0.1, 0.15) is 5.76 Å². The average Bonchev–Trinajstić information content (AvgIpc) is 3.29. The second-order valence-corrected chi connectivity index (χ2v) is 7.71. The first-order valence-corrected chi connectivity index (χ1v) is 10.0. The van der Waals surface area contributed by atoms with Crippen LogP contribution >= 0.6 is 11.3 Å². The third-order valence-electron chi connectivity index (χ3n) is 4.73. The summed E-state index contributed by atoms with van der Waals surface area (Å²) in [5.41, 5.74) is 6.10. The molecule has 3 nitrogen and oxygen atoms in total. The van der Waals surface area contributed by atoms with E-state index in [2.05, 4.69) is 44.8 Å². The van der Waals surface area contributed by atoms with Gasteiger partial charge in [-0.15, -0.1) is 6.58 Å². The molecule has 1 N–H and O–H groups in total. The second kappa shape index (κ2) is 8.40. The maximum absolute atomic E-state index is 12.6. The molecule has 0 saturated heterocycles. The molecule has 2 aromatic heterocycles. The summed E-state index contributed by atoms with van der Waals surface area (Å²) in [5.74, 6) is 0.944. The predicted octanol–water partition coefficient (Wildman–Crippen LogP) is 5.90. The molecule has 4 heteroatoms. The van der Waals surface area contributed by atoms with Gasteiger partial charge in [-0.05, 0) is 78.4 Å². The van der Waals surface area contributed by atoms with Crippen molar-refractivity contribution in [1.82, 2.24) is 5.32 Å².